The van der Waals surface area contributed by atoms with Crippen molar-refractivity contribution in [1.82, 2.24) is 0 Å². The monoisotopic (exact) mass is 865 g/mol. The number of hydrogen-bond acceptors (Lipinski definition) is 2. The van der Waals surface area contributed by atoms with Gasteiger partial charge < -0.3 is 9.47 Å². The van der Waals surface area contributed by atoms with E-state index in [-0.39, 0.29) is 26.6 Å². The molecule has 0 radical (unpaired) electrons. The molecule has 0 atom stereocenters. The van der Waals surface area contributed by atoms with E-state index in [1.54, 1.807) is 0 Å². The Balaban J connectivity index is 1.55. The third-order valence-corrected chi connectivity index (χ3v) is 9.97. The normalized spacial score (nSPS) is 11.5. The first-order valence-corrected chi connectivity index (χ1v) is 15.3. The lowest BCUT2D eigenvalue weighted by atomic mass is 9.87. The van der Waals surface area contributed by atoms with Gasteiger partial charge in [0.15, 0.2) is 7.14 Å². The summed E-state index contributed by atoms with van der Waals surface area (Å²) in [4.78, 5) is 0. The second-order valence-electron chi connectivity index (χ2n) is 8.16. The lowest BCUT2D eigenvalue weighted by Crippen LogP contribution is -3.61. The lowest BCUT2D eigenvalue weighted by molar-refractivity contribution is -0.598. The van der Waals surface area contributed by atoms with Gasteiger partial charge in [0.1, 0.15) is 24.7 Å². The largest absolute Gasteiger partial charge is 0.490 e. The van der Waals surface area contributed by atoms with Crippen molar-refractivity contribution in [3.05, 3.63) is 83.6 Å². The Morgan fingerprint density at radius 3 is 2.00 bits per heavy atom. The third kappa shape index (κ3) is 7.59. The van der Waals surface area contributed by atoms with Crippen molar-refractivity contribution in [2.75, 3.05) is 13.2 Å². The van der Waals surface area contributed by atoms with Crippen molar-refractivity contribution < 1.29 is 30.7 Å². The van der Waals surface area contributed by atoms with Crippen LogP contribution in [0.3, 0.4) is 0 Å². The summed E-state index contributed by atoms with van der Waals surface area (Å²) in [5.74, 6) is 1.85. The van der Waals surface area contributed by atoms with Gasteiger partial charge in [-0.05, 0) is 128 Å². The molecule has 0 heterocycles. The number of halogens is 4. The van der Waals surface area contributed by atoms with Crippen LogP contribution in [-0.2, 0) is 5.41 Å². The van der Waals surface area contributed by atoms with Crippen LogP contribution in [0, 0.1) is 24.8 Å². The Kier molecular flexibility index (Phi) is 9.61. The fourth-order valence-electron chi connectivity index (χ4n) is 2.91. The van der Waals surface area contributed by atoms with Crippen LogP contribution in [0.5, 0.6) is 11.5 Å². The zero-order valence-corrected chi connectivity index (χ0v) is 26.6. The molecule has 0 N–H and O–H groups in total. The molecule has 6 heteroatoms. The minimum absolute atomic E-state index is 0.196. The first kappa shape index (κ1) is 25.8. The fraction of sp³-hybridized carbons (Fsp3) is 0.280. The van der Waals surface area contributed by atoms with Gasteiger partial charge in [-0.25, -0.2) is 0 Å². The lowest BCUT2D eigenvalue weighted by Gasteiger charge is -2.18. The summed E-state index contributed by atoms with van der Waals surface area (Å²) < 4.78 is 18.3. The molecule has 0 spiro atoms. The predicted molar refractivity (Wildman–Crippen MR) is 149 cm³/mol. The summed E-state index contributed by atoms with van der Waals surface area (Å²) in [5, 5.41) is 0. The van der Waals surface area contributed by atoms with Crippen LogP contribution in [0.15, 0.2) is 54.6 Å². The maximum absolute atomic E-state index is 5.97. The number of benzene rings is 3. The summed E-state index contributed by atoms with van der Waals surface area (Å²) in [6, 6.07) is 19.9. The van der Waals surface area contributed by atoms with Crippen molar-refractivity contribution in [3.63, 3.8) is 0 Å². The maximum Gasteiger partial charge on any atom is 0.358 e. The van der Waals surface area contributed by atoms with E-state index in [1.807, 2.05) is 0 Å². The van der Waals surface area contributed by atoms with Gasteiger partial charge in [0.2, 0.25) is 0 Å². The first-order chi connectivity index (χ1) is 14.6. The molecule has 2 nitrogen and oxygen atoms in total. The number of rotatable bonds is 7. The molecule has 31 heavy (non-hydrogen) atoms. The summed E-state index contributed by atoms with van der Waals surface area (Å²) in [6.07, 6.45) is 0. The zero-order valence-electron chi connectivity index (χ0n) is 17.9. The molecule has 0 saturated heterocycles. The Labute approximate surface area is 236 Å². The zero-order chi connectivity index (χ0) is 22.6. The SMILES string of the molecule is Cc1cc(OCCOc2c(I)cc(I)cc2I)ccc1[I+]c1ccc(C(C)(C)C)cc1. The van der Waals surface area contributed by atoms with Gasteiger partial charge in [0.25, 0.3) is 0 Å². The summed E-state index contributed by atoms with van der Waals surface area (Å²) in [7, 11) is 0. The highest BCUT2D eigenvalue weighted by molar-refractivity contribution is 14.1. The van der Waals surface area contributed by atoms with Gasteiger partial charge in [0.05, 0.1) is 7.14 Å². The van der Waals surface area contributed by atoms with Crippen molar-refractivity contribution in [3.8, 4) is 11.5 Å². The first-order valence-electron chi connectivity index (χ1n) is 9.89. The van der Waals surface area contributed by atoms with Crippen molar-refractivity contribution in [1.29, 1.82) is 0 Å². The van der Waals surface area contributed by atoms with Gasteiger partial charge in [-0.2, -0.15) is 0 Å². The Hall–Kier alpha value is 0.180. The van der Waals surface area contributed by atoms with Gasteiger partial charge >= 0.3 is 21.2 Å². The smallest absolute Gasteiger partial charge is 0.358 e. The van der Waals surface area contributed by atoms with Crippen LogP contribution in [0.4, 0.5) is 0 Å². The van der Waals surface area contributed by atoms with E-state index < -0.39 is 0 Å². The molecule has 0 aliphatic carbocycles. The molecule has 3 rings (SSSR count). The van der Waals surface area contributed by atoms with Crippen LogP contribution in [0.1, 0.15) is 31.9 Å². The molecule has 0 fully saturated rings. The van der Waals surface area contributed by atoms with Crippen molar-refractivity contribution in [2.24, 2.45) is 0 Å². The molecule has 3 aromatic rings. The van der Waals surface area contributed by atoms with Crippen LogP contribution in [-0.4, -0.2) is 13.2 Å². The highest BCUT2D eigenvalue weighted by Gasteiger charge is 2.20. The molecule has 0 unspecified atom stereocenters. The molecule has 164 valence electrons. The maximum atomic E-state index is 5.97. The Morgan fingerprint density at radius 1 is 0.806 bits per heavy atom. The van der Waals surface area contributed by atoms with Gasteiger partial charge in [-0.15, -0.1) is 0 Å². The number of ether oxygens (including phenoxy) is 2. The average molecular weight is 865 g/mol. The summed E-state index contributed by atoms with van der Waals surface area (Å²) >= 11 is 6.78. The standard InChI is InChI=1S/C25H25I4O2/c1-16-13-20(30-11-12-31-24-21(27)14-18(26)15-22(24)28)9-10-23(16)29-19-7-5-17(6-8-19)25(2,3)4/h5-10,13-15H,11-12H2,1-4H3/q+1. The third-order valence-electron chi connectivity index (χ3n) is 4.61. The molecular formula is C25H25I4O2+. The number of aryl methyl sites for hydroxylation is 1. The summed E-state index contributed by atoms with van der Waals surface area (Å²) in [6.45, 7) is 10.0. The highest BCUT2D eigenvalue weighted by Crippen LogP contribution is 2.29. The molecule has 0 aliphatic heterocycles. The van der Waals surface area contributed by atoms with E-state index in [1.165, 1.54) is 21.8 Å². The second kappa shape index (κ2) is 11.5. The van der Waals surface area contributed by atoms with Crippen LogP contribution in [0.2, 0.25) is 0 Å². The quantitative estimate of drug-likeness (QED) is 0.254. The van der Waals surface area contributed by atoms with E-state index in [0.29, 0.717) is 13.2 Å². The fourth-order valence-corrected chi connectivity index (χ4v) is 9.14. The van der Waals surface area contributed by atoms with Gasteiger partial charge in [-0.1, -0.05) is 32.9 Å². The molecule has 0 aromatic heterocycles. The molecule has 0 amide bonds. The van der Waals surface area contributed by atoms with Crippen LogP contribution >= 0.6 is 67.8 Å². The van der Waals surface area contributed by atoms with Crippen molar-refractivity contribution >= 4 is 67.8 Å². The van der Waals surface area contributed by atoms with Crippen LogP contribution in [0.25, 0.3) is 0 Å². The topological polar surface area (TPSA) is 18.5 Å². The van der Waals surface area contributed by atoms with Gasteiger partial charge in [0, 0.05) is 9.13 Å². The Bertz CT molecular complexity index is 1020. The van der Waals surface area contributed by atoms with Gasteiger partial charge in [-0.3, -0.25) is 0 Å². The van der Waals surface area contributed by atoms with E-state index in [2.05, 4.69) is 150 Å². The van der Waals surface area contributed by atoms with E-state index in [9.17, 15) is 0 Å². The predicted octanol–water partition coefficient (Wildman–Crippen LogP) is 4.69. The summed E-state index contributed by atoms with van der Waals surface area (Å²) in [5.41, 5.74) is 2.89. The number of hydrogen-bond donors (Lipinski definition) is 0. The molecule has 0 bridgehead atoms. The minimum atomic E-state index is -0.196. The van der Waals surface area contributed by atoms with E-state index in [4.69, 9.17) is 9.47 Å². The molecule has 0 saturated carbocycles. The van der Waals surface area contributed by atoms with Crippen molar-refractivity contribution in [2.45, 2.75) is 33.1 Å². The molecular weight excluding hydrogens is 840 g/mol. The van der Waals surface area contributed by atoms with E-state index >= 15 is 0 Å². The average Bonchev–Trinajstić information content (AvgIpc) is 2.68. The molecule has 3 aromatic carbocycles. The van der Waals surface area contributed by atoms with Crippen LogP contribution < -0.4 is 30.7 Å². The van der Waals surface area contributed by atoms with E-state index in [0.717, 1.165) is 18.6 Å². The minimum Gasteiger partial charge on any atom is -0.490 e. The molecule has 0 aliphatic rings. The second-order valence-corrected chi connectivity index (χ2v) is 14.7. The Morgan fingerprint density at radius 2 is 1.42 bits per heavy atom. The highest BCUT2D eigenvalue weighted by atomic mass is 127.